The molecular formula is C18H30NO8+. The number of esters is 2. The lowest BCUT2D eigenvalue weighted by molar-refractivity contribution is -0.883. The van der Waals surface area contributed by atoms with Crippen LogP contribution in [0, 0.1) is 12.3 Å². The maximum absolute atomic E-state index is 11.5. The molecule has 9 nitrogen and oxygen atoms in total. The van der Waals surface area contributed by atoms with E-state index in [0.717, 1.165) is 0 Å². The van der Waals surface area contributed by atoms with Gasteiger partial charge in [-0.05, 0) is 12.8 Å². The molecule has 1 rings (SSSR count). The van der Waals surface area contributed by atoms with Crippen molar-refractivity contribution in [2.24, 2.45) is 0 Å². The maximum atomic E-state index is 11.5. The third kappa shape index (κ3) is 8.24. The Labute approximate surface area is 160 Å². The van der Waals surface area contributed by atoms with Gasteiger partial charge in [0.1, 0.15) is 13.1 Å². The van der Waals surface area contributed by atoms with Crippen molar-refractivity contribution in [3.8, 4) is 12.3 Å². The van der Waals surface area contributed by atoms with Gasteiger partial charge in [0.15, 0.2) is 30.9 Å². The third-order valence-electron chi connectivity index (χ3n) is 3.85. The standard InChI is InChI=1S/C18H30NO8/c1-7-8-19(5,6)9-10-23-18-17(27-14(4)22)16(26-13(3)21)15(11-24-18)25-12(2)20/h1,14-18,22H,8-11H2,2-6H3/q+1/t14?,15-,16-,17+,18?/m0/s1. The summed E-state index contributed by atoms with van der Waals surface area (Å²) in [5, 5.41) is 9.66. The molecule has 0 aromatic heterocycles. The first-order chi connectivity index (χ1) is 12.6. The summed E-state index contributed by atoms with van der Waals surface area (Å²) in [5.74, 6) is 1.47. The van der Waals surface area contributed by atoms with Crippen LogP contribution in [0.3, 0.4) is 0 Å². The van der Waals surface area contributed by atoms with Crippen molar-refractivity contribution in [2.75, 3.05) is 40.4 Å². The van der Waals surface area contributed by atoms with E-state index in [4.69, 9.17) is 30.1 Å². The number of aliphatic hydroxyl groups excluding tert-OH is 1. The molecule has 0 saturated carbocycles. The molecule has 1 N–H and O–H groups in total. The van der Waals surface area contributed by atoms with Crippen LogP contribution in [0.2, 0.25) is 0 Å². The Morgan fingerprint density at radius 2 is 1.89 bits per heavy atom. The lowest BCUT2D eigenvalue weighted by Crippen LogP contribution is -2.58. The van der Waals surface area contributed by atoms with Crippen molar-refractivity contribution >= 4 is 11.9 Å². The smallest absolute Gasteiger partial charge is 0.303 e. The number of ether oxygens (including phenoxy) is 5. The summed E-state index contributed by atoms with van der Waals surface area (Å²) in [4.78, 5) is 22.9. The van der Waals surface area contributed by atoms with E-state index in [0.29, 0.717) is 24.2 Å². The Hall–Kier alpha value is -1.70. The van der Waals surface area contributed by atoms with Gasteiger partial charge in [-0.15, -0.1) is 6.42 Å². The highest BCUT2D eigenvalue weighted by Crippen LogP contribution is 2.25. The summed E-state index contributed by atoms with van der Waals surface area (Å²) in [6, 6.07) is 0. The van der Waals surface area contributed by atoms with Gasteiger partial charge in [-0.2, -0.15) is 0 Å². The van der Waals surface area contributed by atoms with Crippen molar-refractivity contribution in [3.05, 3.63) is 0 Å². The average molecular weight is 388 g/mol. The predicted octanol–water partition coefficient (Wildman–Crippen LogP) is -0.344. The number of carbonyl (C=O) groups excluding carboxylic acids is 2. The van der Waals surface area contributed by atoms with Gasteiger partial charge in [-0.25, -0.2) is 0 Å². The molecule has 0 aromatic rings. The number of quaternary nitrogens is 1. The van der Waals surface area contributed by atoms with Crippen molar-refractivity contribution in [2.45, 2.75) is 51.7 Å². The minimum atomic E-state index is -1.17. The van der Waals surface area contributed by atoms with Gasteiger partial charge in [-0.1, -0.05) is 0 Å². The first-order valence-electron chi connectivity index (χ1n) is 8.72. The average Bonchev–Trinajstić information content (AvgIpc) is 2.50. The number of aliphatic hydroxyl groups is 1. The van der Waals surface area contributed by atoms with Crippen LogP contribution in [-0.2, 0) is 33.3 Å². The SMILES string of the molecule is C#CC[N+](C)(C)CCOC1OC[C@H](OC(C)=O)[C@H](OC(C)=O)[C@H]1OC(C)O. The van der Waals surface area contributed by atoms with E-state index in [9.17, 15) is 14.7 Å². The summed E-state index contributed by atoms with van der Waals surface area (Å²) in [5.41, 5.74) is 0. The quantitative estimate of drug-likeness (QED) is 0.248. The fourth-order valence-electron chi connectivity index (χ4n) is 2.65. The highest BCUT2D eigenvalue weighted by Gasteiger charge is 2.46. The molecule has 0 aliphatic carbocycles. The second-order valence-corrected chi connectivity index (χ2v) is 7.02. The zero-order chi connectivity index (χ0) is 20.6. The first kappa shape index (κ1) is 23.3. The number of hydrogen-bond acceptors (Lipinski definition) is 8. The van der Waals surface area contributed by atoms with Crippen molar-refractivity contribution < 1.29 is 42.9 Å². The molecule has 1 fully saturated rings. The molecule has 1 saturated heterocycles. The number of carbonyl (C=O) groups is 2. The zero-order valence-corrected chi connectivity index (χ0v) is 16.5. The minimum Gasteiger partial charge on any atom is -0.456 e. The topological polar surface area (TPSA) is 101 Å². The minimum absolute atomic E-state index is 0.0372. The van der Waals surface area contributed by atoms with Gasteiger partial charge in [0.25, 0.3) is 0 Å². The molecule has 1 aliphatic heterocycles. The normalized spacial score (nSPS) is 26.7. The van der Waals surface area contributed by atoms with E-state index >= 15 is 0 Å². The molecule has 1 aliphatic rings. The summed E-state index contributed by atoms with van der Waals surface area (Å²) < 4.78 is 27.9. The molecule has 0 radical (unpaired) electrons. The van der Waals surface area contributed by atoms with Crippen molar-refractivity contribution in [1.29, 1.82) is 0 Å². The Balaban J connectivity index is 2.88. The lowest BCUT2D eigenvalue weighted by Gasteiger charge is -2.41. The number of likely N-dealkylation sites (N-methyl/N-ethyl adjacent to an activating group) is 1. The van der Waals surface area contributed by atoms with Gasteiger partial charge >= 0.3 is 11.9 Å². The summed E-state index contributed by atoms with van der Waals surface area (Å²) in [6.45, 7) is 5.28. The molecule has 0 bridgehead atoms. The Morgan fingerprint density at radius 1 is 1.26 bits per heavy atom. The van der Waals surface area contributed by atoms with E-state index in [-0.39, 0.29) is 6.61 Å². The first-order valence-corrected chi connectivity index (χ1v) is 8.72. The van der Waals surface area contributed by atoms with E-state index < -0.39 is 42.8 Å². The molecule has 27 heavy (non-hydrogen) atoms. The third-order valence-corrected chi connectivity index (χ3v) is 3.85. The fourth-order valence-corrected chi connectivity index (χ4v) is 2.65. The summed E-state index contributed by atoms with van der Waals surface area (Å²) in [6.07, 6.45) is 0.441. The Kier molecular flexibility index (Phi) is 9.15. The van der Waals surface area contributed by atoms with Crippen LogP contribution in [-0.4, -0.2) is 92.8 Å². The molecule has 0 spiro atoms. The van der Waals surface area contributed by atoms with Gasteiger partial charge in [0.2, 0.25) is 0 Å². The predicted molar refractivity (Wildman–Crippen MR) is 94.0 cm³/mol. The second-order valence-electron chi connectivity index (χ2n) is 7.02. The number of hydrogen-bond donors (Lipinski definition) is 1. The van der Waals surface area contributed by atoms with Crippen LogP contribution in [0.1, 0.15) is 20.8 Å². The molecule has 1 heterocycles. The number of terminal acetylenes is 1. The summed E-state index contributed by atoms with van der Waals surface area (Å²) in [7, 11) is 3.93. The Morgan fingerprint density at radius 3 is 2.41 bits per heavy atom. The maximum Gasteiger partial charge on any atom is 0.303 e. The molecule has 5 atom stereocenters. The lowest BCUT2D eigenvalue weighted by atomic mass is 10.0. The van der Waals surface area contributed by atoms with Crippen LogP contribution in [0.25, 0.3) is 0 Å². The second kappa shape index (κ2) is 10.6. The molecule has 2 unspecified atom stereocenters. The number of nitrogens with zero attached hydrogens (tertiary/aromatic N) is 1. The van der Waals surface area contributed by atoms with Gasteiger partial charge in [0.05, 0.1) is 27.3 Å². The van der Waals surface area contributed by atoms with E-state index in [2.05, 4.69) is 5.92 Å². The van der Waals surface area contributed by atoms with Crippen molar-refractivity contribution in [1.82, 2.24) is 0 Å². The van der Waals surface area contributed by atoms with E-state index in [1.54, 1.807) is 0 Å². The molecular weight excluding hydrogens is 358 g/mol. The van der Waals surface area contributed by atoms with Crippen molar-refractivity contribution in [3.63, 3.8) is 0 Å². The molecule has 154 valence electrons. The van der Waals surface area contributed by atoms with Crippen LogP contribution in [0.5, 0.6) is 0 Å². The summed E-state index contributed by atoms with van der Waals surface area (Å²) >= 11 is 0. The van der Waals surface area contributed by atoms with Gasteiger partial charge < -0.3 is 33.3 Å². The molecule has 0 aromatic carbocycles. The molecule has 9 heteroatoms. The fraction of sp³-hybridized carbons (Fsp3) is 0.778. The highest BCUT2D eigenvalue weighted by atomic mass is 16.7. The Bertz CT molecular complexity index is 542. The van der Waals surface area contributed by atoms with Crippen LogP contribution < -0.4 is 0 Å². The number of rotatable bonds is 9. The largest absolute Gasteiger partial charge is 0.456 e. The van der Waals surface area contributed by atoms with Crippen LogP contribution >= 0.6 is 0 Å². The van der Waals surface area contributed by atoms with Gasteiger partial charge in [-0.3, -0.25) is 9.59 Å². The monoisotopic (exact) mass is 388 g/mol. The van der Waals surface area contributed by atoms with E-state index in [1.165, 1.54) is 20.8 Å². The van der Waals surface area contributed by atoms with E-state index in [1.807, 2.05) is 14.1 Å². The van der Waals surface area contributed by atoms with Crippen LogP contribution in [0.4, 0.5) is 0 Å². The highest BCUT2D eigenvalue weighted by molar-refractivity contribution is 5.67. The zero-order valence-electron chi connectivity index (χ0n) is 16.5. The van der Waals surface area contributed by atoms with Crippen LogP contribution in [0.15, 0.2) is 0 Å². The van der Waals surface area contributed by atoms with Gasteiger partial charge in [0, 0.05) is 13.8 Å². The molecule has 0 amide bonds.